The molecule has 0 radical (unpaired) electrons. The molecule has 49 heavy (non-hydrogen) atoms. The van der Waals surface area contributed by atoms with Crippen molar-refractivity contribution in [3.63, 3.8) is 0 Å². The molecule has 248 valence electrons. The summed E-state index contributed by atoms with van der Waals surface area (Å²) in [6, 6.07) is 24.8. The second kappa shape index (κ2) is 14.6. The number of nitro groups is 1. The van der Waals surface area contributed by atoms with Crippen molar-refractivity contribution in [2.75, 3.05) is 10.6 Å². The summed E-state index contributed by atoms with van der Waals surface area (Å²) < 4.78 is 44.4. The number of nitrogens with one attached hydrogen (secondary N) is 2. The molecular weight excluding hydrogens is 641 g/mol. The van der Waals surface area contributed by atoms with Gasteiger partial charge in [-0.3, -0.25) is 24.5 Å². The zero-order chi connectivity index (χ0) is 35.1. The molecule has 2 amide bonds. The Balaban J connectivity index is 1.29. The van der Waals surface area contributed by atoms with Crippen LogP contribution in [0.25, 0.3) is 17.4 Å². The van der Waals surface area contributed by atoms with Gasteiger partial charge in [-0.15, -0.1) is 0 Å². The Morgan fingerprint density at radius 2 is 1.57 bits per heavy atom. The van der Waals surface area contributed by atoms with Crippen LogP contribution in [0.1, 0.15) is 32.8 Å². The van der Waals surface area contributed by atoms with Crippen molar-refractivity contribution in [3.8, 4) is 11.3 Å². The van der Waals surface area contributed by atoms with E-state index in [4.69, 9.17) is 10.2 Å². The van der Waals surface area contributed by atoms with E-state index in [-0.39, 0.29) is 29.0 Å². The zero-order valence-corrected chi connectivity index (χ0v) is 25.4. The number of halogens is 3. The fourth-order valence-corrected chi connectivity index (χ4v) is 4.75. The van der Waals surface area contributed by atoms with Gasteiger partial charge >= 0.3 is 6.18 Å². The van der Waals surface area contributed by atoms with Gasteiger partial charge in [0.25, 0.3) is 5.69 Å². The number of non-ortho nitro benzene ring substituents is 1. The Hall–Kier alpha value is -6.34. The maximum atomic E-state index is 13.5. The predicted octanol–water partition coefficient (Wildman–Crippen LogP) is 7.27. The predicted molar refractivity (Wildman–Crippen MR) is 177 cm³/mol. The molecule has 13 heteroatoms. The number of amides is 2. The van der Waals surface area contributed by atoms with Gasteiger partial charge in [0.05, 0.1) is 22.2 Å². The van der Waals surface area contributed by atoms with Crippen LogP contribution in [0, 0.1) is 10.1 Å². The van der Waals surface area contributed by atoms with E-state index in [1.54, 1.807) is 54.6 Å². The van der Waals surface area contributed by atoms with Gasteiger partial charge in [0.15, 0.2) is 5.78 Å². The lowest BCUT2D eigenvalue weighted by atomic mass is 10.00. The number of benzene rings is 4. The highest BCUT2D eigenvalue weighted by atomic mass is 19.4. The number of nitrogens with zero attached hydrogens (tertiary/aromatic N) is 1. The lowest BCUT2D eigenvalue weighted by Crippen LogP contribution is -2.37. The number of carbonyl (C=O) groups is 3. The van der Waals surface area contributed by atoms with Crippen molar-refractivity contribution in [3.05, 3.63) is 153 Å². The van der Waals surface area contributed by atoms with Gasteiger partial charge in [0.2, 0.25) is 11.8 Å². The first-order valence-corrected chi connectivity index (χ1v) is 14.7. The van der Waals surface area contributed by atoms with Crippen LogP contribution >= 0.6 is 0 Å². The monoisotopic (exact) mass is 668 g/mol. The Kier molecular flexibility index (Phi) is 10.1. The van der Waals surface area contributed by atoms with Crippen molar-refractivity contribution >= 4 is 40.7 Å². The van der Waals surface area contributed by atoms with E-state index >= 15 is 0 Å². The van der Waals surface area contributed by atoms with Crippen molar-refractivity contribution in [2.45, 2.75) is 18.6 Å². The maximum absolute atomic E-state index is 13.5. The number of nitro benzene ring substituents is 1. The first-order chi connectivity index (χ1) is 23.4. The summed E-state index contributed by atoms with van der Waals surface area (Å²) in [5, 5.41) is 16.2. The van der Waals surface area contributed by atoms with E-state index in [1.807, 2.05) is 0 Å². The molecule has 5 aromatic rings. The van der Waals surface area contributed by atoms with Gasteiger partial charge in [0, 0.05) is 40.6 Å². The van der Waals surface area contributed by atoms with E-state index in [2.05, 4.69) is 10.6 Å². The lowest BCUT2D eigenvalue weighted by Gasteiger charge is -2.16. The summed E-state index contributed by atoms with van der Waals surface area (Å²) in [5.74, 6) is -0.895. The van der Waals surface area contributed by atoms with Crippen LogP contribution in [-0.2, 0) is 22.2 Å². The maximum Gasteiger partial charge on any atom is 0.416 e. The molecule has 1 atom stereocenters. The second-order valence-corrected chi connectivity index (χ2v) is 10.8. The van der Waals surface area contributed by atoms with Crippen molar-refractivity contribution in [2.24, 2.45) is 5.73 Å². The van der Waals surface area contributed by atoms with Crippen molar-refractivity contribution < 1.29 is 36.9 Å². The molecule has 0 bridgehead atoms. The summed E-state index contributed by atoms with van der Waals surface area (Å²) in [6.45, 7) is 0. The zero-order valence-electron chi connectivity index (χ0n) is 25.4. The van der Waals surface area contributed by atoms with Crippen LogP contribution in [0.15, 0.2) is 120 Å². The SMILES string of the molecule is NC(Cc1ccc(C(F)(F)F)cc1)C(=O)Nc1ccc(NC(=O)/C=C/c2ccc(-c3ccc([N+](=O)[O-])cc3)o2)cc1C(=O)c1ccccc1. The van der Waals surface area contributed by atoms with Gasteiger partial charge in [0.1, 0.15) is 11.5 Å². The van der Waals surface area contributed by atoms with E-state index in [0.29, 0.717) is 28.2 Å². The van der Waals surface area contributed by atoms with E-state index in [9.17, 15) is 37.7 Å². The van der Waals surface area contributed by atoms with E-state index < -0.39 is 40.3 Å². The normalized spacial score (nSPS) is 12.0. The largest absolute Gasteiger partial charge is 0.457 e. The second-order valence-electron chi connectivity index (χ2n) is 10.8. The molecular formula is C36H27F3N4O6. The highest BCUT2D eigenvalue weighted by Gasteiger charge is 2.30. The Morgan fingerprint density at radius 1 is 0.878 bits per heavy atom. The van der Waals surface area contributed by atoms with Gasteiger partial charge < -0.3 is 20.8 Å². The average molecular weight is 669 g/mol. The molecule has 0 saturated heterocycles. The number of rotatable bonds is 11. The summed E-state index contributed by atoms with van der Waals surface area (Å²) in [6.07, 6.45) is -1.92. The number of hydrogen-bond acceptors (Lipinski definition) is 7. The standard InChI is InChI=1S/C36H27F3N4O6/c37-36(38,39)25-10-6-22(7-11-25)20-30(40)35(46)42-31-17-12-26(21-29(31)34(45)24-4-2-1-3-5-24)41-33(44)19-16-28-15-18-32(49-28)23-8-13-27(14-9-23)43(47)48/h1-19,21,30H,20,40H2,(H,41,44)(H,42,46)/b19-16+. The first-order valence-electron chi connectivity index (χ1n) is 14.7. The summed E-state index contributed by atoms with van der Waals surface area (Å²) in [4.78, 5) is 49.7. The molecule has 5 rings (SSSR count). The molecule has 0 fully saturated rings. The minimum absolute atomic E-state index is 0.0573. The third kappa shape index (κ3) is 8.73. The van der Waals surface area contributed by atoms with Crippen LogP contribution in [0.2, 0.25) is 0 Å². The van der Waals surface area contributed by atoms with E-state index in [0.717, 1.165) is 12.1 Å². The third-order valence-corrected chi connectivity index (χ3v) is 7.29. The number of carbonyl (C=O) groups excluding carboxylic acids is 3. The lowest BCUT2D eigenvalue weighted by molar-refractivity contribution is -0.384. The molecule has 4 aromatic carbocycles. The van der Waals surface area contributed by atoms with Crippen LogP contribution in [0.3, 0.4) is 0 Å². The summed E-state index contributed by atoms with van der Waals surface area (Å²) in [7, 11) is 0. The Labute approximate surface area is 277 Å². The van der Waals surface area contributed by atoms with Crippen LogP contribution in [0.5, 0.6) is 0 Å². The first kappa shape index (κ1) is 34.0. The highest BCUT2D eigenvalue weighted by molar-refractivity contribution is 6.15. The fraction of sp³-hybridized carbons (Fsp3) is 0.0833. The number of nitrogens with two attached hydrogens (primary N) is 1. The molecule has 0 aliphatic carbocycles. The van der Waals surface area contributed by atoms with Gasteiger partial charge in [-0.2, -0.15) is 13.2 Å². The Morgan fingerprint density at radius 3 is 2.22 bits per heavy atom. The molecule has 0 spiro atoms. The van der Waals surface area contributed by atoms with Gasteiger partial charge in [-0.05, 0) is 72.7 Å². The molecule has 0 aliphatic heterocycles. The molecule has 10 nitrogen and oxygen atoms in total. The summed E-state index contributed by atoms with van der Waals surface area (Å²) in [5.41, 5.74) is 6.95. The summed E-state index contributed by atoms with van der Waals surface area (Å²) >= 11 is 0. The number of alkyl halides is 3. The fourth-order valence-electron chi connectivity index (χ4n) is 4.75. The molecule has 0 aliphatic rings. The smallest absolute Gasteiger partial charge is 0.416 e. The number of anilines is 2. The third-order valence-electron chi connectivity index (χ3n) is 7.29. The number of hydrogen-bond donors (Lipinski definition) is 3. The van der Waals surface area contributed by atoms with Crippen LogP contribution in [-0.4, -0.2) is 28.6 Å². The quantitative estimate of drug-likeness (QED) is 0.0578. The van der Waals surface area contributed by atoms with E-state index in [1.165, 1.54) is 54.6 Å². The molecule has 1 unspecified atom stereocenters. The number of furan rings is 1. The van der Waals surface area contributed by atoms with Crippen LogP contribution in [0.4, 0.5) is 30.2 Å². The number of ketones is 1. The van der Waals surface area contributed by atoms with Crippen molar-refractivity contribution in [1.82, 2.24) is 0 Å². The minimum Gasteiger partial charge on any atom is -0.457 e. The average Bonchev–Trinajstić information content (AvgIpc) is 3.57. The van der Waals surface area contributed by atoms with Crippen molar-refractivity contribution in [1.29, 1.82) is 0 Å². The topological polar surface area (TPSA) is 158 Å². The molecule has 4 N–H and O–H groups in total. The molecule has 1 aromatic heterocycles. The van der Waals surface area contributed by atoms with Crippen LogP contribution < -0.4 is 16.4 Å². The van der Waals surface area contributed by atoms with Gasteiger partial charge in [-0.25, -0.2) is 0 Å². The van der Waals surface area contributed by atoms with Gasteiger partial charge in [-0.1, -0.05) is 42.5 Å². The highest BCUT2D eigenvalue weighted by Crippen LogP contribution is 2.30. The molecule has 1 heterocycles. The minimum atomic E-state index is -4.50. The Bertz CT molecular complexity index is 2020. The molecule has 0 saturated carbocycles.